The van der Waals surface area contributed by atoms with Gasteiger partial charge in [0.2, 0.25) is 0 Å². The summed E-state index contributed by atoms with van der Waals surface area (Å²) in [4.78, 5) is 15.7. The van der Waals surface area contributed by atoms with Gasteiger partial charge in [0.25, 0.3) is 0 Å². The molecule has 1 aliphatic heterocycles. The van der Waals surface area contributed by atoms with Crippen LogP contribution in [0.2, 0.25) is 5.02 Å². The first kappa shape index (κ1) is 13.7. The Kier molecular flexibility index (Phi) is 4.87. The van der Waals surface area contributed by atoms with Gasteiger partial charge in [-0.1, -0.05) is 17.7 Å². The van der Waals surface area contributed by atoms with E-state index in [1.807, 2.05) is 18.2 Å². The molecule has 0 N–H and O–H groups in total. The van der Waals surface area contributed by atoms with E-state index in [2.05, 4.69) is 15.9 Å². The van der Waals surface area contributed by atoms with Crippen molar-refractivity contribution < 1.29 is 4.79 Å². The third-order valence-corrected chi connectivity index (χ3v) is 3.63. The lowest BCUT2D eigenvalue weighted by Gasteiger charge is -2.35. The number of nitrogens with zero attached hydrogens (tertiary/aromatic N) is 2. The van der Waals surface area contributed by atoms with Crippen molar-refractivity contribution >= 4 is 34.7 Å². The highest BCUT2D eigenvalue weighted by molar-refractivity contribution is 6.30. The molecule has 0 amide bonds. The molecule has 0 atom stereocenters. The predicted octanol–water partition coefficient (Wildman–Crippen LogP) is 2.27. The summed E-state index contributed by atoms with van der Waals surface area (Å²) in [5.74, 6) is 0.196. The highest BCUT2D eigenvalue weighted by Crippen LogP contribution is 2.20. The van der Waals surface area contributed by atoms with Gasteiger partial charge >= 0.3 is 0 Å². The van der Waals surface area contributed by atoms with Crippen LogP contribution < -0.4 is 4.90 Å². The Morgan fingerprint density at radius 1 is 1.22 bits per heavy atom. The van der Waals surface area contributed by atoms with Crippen LogP contribution in [0.25, 0.3) is 0 Å². The van der Waals surface area contributed by atoms with Gasteiger partial charge in [0.15, 0.2) is 5.78 Å². The summed E-state index contributed by atoms with van der Waals surface area (Å²) in [5.41, 5.74) is 1.14. The Labute approximate surface area is 117 Å². The highest BCUT2D eigenvalue weighted by Gasteiger charge is 2.18. The van der Waals surface area contributed by atoms with Gasteiger partial charge in [0.05, 0.1) is 12.4 Å². The summed E-state index contributed by atoms with van der Waals surface area (Å²) < 4.78 is 0. The molecule has 3 nitrogen and oxygen atoms in total. The molecule has 1 aliphatic rings. The Bertz CT molecular complexity index is 417. The zero-order valence-electron chi connectivity index (χ0n) is 10.1. The molecule has 1 saturated heterocycles. The smallest absolute Gasteiger partial charge is 0.161 e. The van der Waals surface area contributed by atoms with Gasteiger partial charge in [0, 0.05) is 36.9 Å². The van der Waals surface area contributed by atoms with Crippen molar-refractivity contribution in [3.8, 4) is 0 Å². The molecule has 0 aromatic heterocycles. The van der Waals surface area contributed by atoms with Crippen molar-refractivity contribution in [1.29, 1.82) is 0 Å². The Morgan fingerprint density at radius 3 is 2.56 bits per heavy atom. The Morgan fingerprint density at radius 2 is 1.94 bits per heavy atom. The summed E-state index contributed by atoms with van der Waals surface area (Å²) >= 11 is 11.5. The quantitative estimate of drug-likeness (QED) is 0.794. The maximum atomic E-state index is 11.3. The highest BCUT2D eigenvalue weighted by atomic mass is 35.5. The van der Waals surface area contributed by atoms with E-state index in [1.54, 1.807) is 0 Å². The molecule has 0 bridgehead atoms. The molecule has 0 saturated carbocycles. The van der Waals surface area contributed by atoms with Gasteiger partial charge in [-0.05, 0) is 18.2 Å². The lowest BCUT2D eigenvalue weighted by molar-refractivity contribution is -0.117. The van der Waals surface area contributed by atoms with Crippen LogP contribution in [0.15, 0.2) is 24.3 Å². The van der Waals surface area contributed by atoms with Crippen LogP contribution in [0.3, 0.4) is 0 Å². The number of benzene rings is 1. The van der Waals surface area contributed by atoms with Crippen molar-refractivity contribution in [2.45, 2.75) is 0 Å². The topological polar surface area (TPSA) is 23.6 Å². The van der Waals surface area contributed by atoms with E-state index < -0.39 is 0 Å². The second-order valence-electron chi connectivity index (χ2n) is 4.42. The minimum absolute atomic E-state index is 0.0906. The van der Waals surface area contributed by atoms with Gasteiger partial charge in [0.1, 0.15) is 0 Å². The van der Waals surface area contributed by atoms with Crippen molar-refractivity contribution in [2.75, 3.05) is 43.5 Å². The van der Waals surface area contributed by atoms with E-state index in [0.717, 1.165) is 36.9 Å². The number of rotatable bonds is 4. The zero-order chi connectivity index (χ0) is 13.0. The number of hydrogen-bond donors (Lipinski definition) is 0. The number of hydrogen-bond acceptors (Lipinski definition) is 3. The third-order valence-electron chi connectivity index (χ3n) is 3.09. The van der Waals surface area contributed by atoms with Gasteiger partial charge in [-0.15, -0.1) is 11.6 Å². The van der Waals surface area contributed by atoms with E-state index in [4.69, 9.17) is 23.2 Å². The third kappa shape index (κ3) is 3.61. The fourth-order valence-electron chi connectivity index (χ4n) is 2.13. The molecule has 1 fully saturated rings. The van der Waals surface area contributed by atoms with Crippen molar-refractivity contribution in [1.82, 2.24) is 4.90 Å². The van der Waals surface area contributed by atoms with Crippen LogP contribution >= 0.6 is 23.2 Å². The second-order valence-corrected chi connectivity index (χ2v) is 5.12. The first-order chi connectivity index (χ1) is 8.69. The zero-order valence-corrected chi connectivity index (χ0v) is 11.6. The number of Topliss-reactive ketones (excluding diaryl/α,β-unsaturated/α-hetero) is 1. The normalized spacial score (nSPS) is 16.9. The van der Waals surface area contributed by atoms with Crippen molar-refractivity contribution in [3.05, 3.63) is 29.3 Å². The average Bonchev–Trinajstić information content (AvgIpc) is 2.39. The number of carbonyl (C=O) groups excluding carboxylic acids is 1. The number of alkyl halides is 1. The van der Waals surface area contributed by atoms with Crippen LogP contribution in [-0.2, 0) is 4.79 Å². The van der Waals surface area contributed by atoms with E-state index in [9.17, 15) is 4.79 Å². The van der Waals surface area contributed by atoms with Gasteiger partial charge in [-0.25, -0.2) is 0 Å². The monoisotopic (exact) mass is 286 g/mol. The molecule has 1 aromatic rings. The first-order valence-corrected chi connectivity index (χ1v) is 6.91. The molecule has 98 valence electrons. The molecule has 0 radical (unpaired) electrons. The maximum Gasteiger partial charge on any atom is 0.161 e. The number of piperazine rings is 1. The number of carbonyl (C=O) groups is 1. The number of halogens is 2. The van der Waals surface area contributed by atoms with E-state index >= 15 is 0 Å². The minimum atomic E-state index is 0.0906. The first-order valence-electron chi connectivity index (χ1n) is 5.99. The Hall–Kier alpha value is -0.770. The summed E-state index contributed by atoms with van der Waals surface area (Å²) in [5, 5.41) is 0.757. The SMILES string of the molecule is O=C(CCl)CN1CCN(c2cccc(Cl)c2)CC1. The van der Waals surface area contributed by atoms with Crippen LogP contribution in [0, 0.1) is 0 Å². The largest absolute Gasteiger partial charge is 0.369 e. The van der Waals surface area contributed by atoms with E-state index in [-0.39, 0.29) is 11.7 Å². The van der Waals surface area contributed by atoms with Crippen LogP contribution in [-0.4, -0.2) is 49.3 Å². The molecular weight excluding hydrogens is 271 g/mol. The minimum Gasteiger partial charge on any atom is -0.369 e. The molecule has 18 heavy (non-hydrogen) atoms. The van der Waals surface area contributed by atoms with Gasteiger partial charge in [-0.3, -0.25) is 9.69 Å². The average molecular weight is 287 g/mol. The summed E-state index contributed by atoms with van der Waals surface area (Å²) in [6.45, 7) is 4.06. The molecular formula is C13H16Cl2N2O. The second kappa shape index (κ2) is 6.41. The van der Waals surface area contributed by atoms with Crippen LogP contribution in [0.5, 0.6) is 0 Å². The standard InChI is InChI=1S/C13H16Cl2N2O/c14-9-13(18)10-16-4-6-17(7-5-16)12-3-1-2-11(15)8-12/h1-3,8H,4-7,9-10H2. The molecule has 0 spiro atoms. The molecule has 5 heteroatoms. The fraction of sp³-hybridized carbons (Fsp3) is 0.462. The predicted molar refractivity (Wildman–Crippen MR) is 75.8 cm³/mol. The summed E-state index contributed by atoms with van der Waals surface area (Å²) in [7, 11) is 0. The lowest BCUT2D eigenvalue weighted by Crippen LogP contribution is -2.48. The number of anilines is 1. The Balaban J connectivity index is 1.88. The molecule has 1 heterocycles. The molecule has 2 rings (SSSR count). The van der Waals surface area contributed by atoms with Crippen LogP contribution in [0.4, 0.5) is 5.69 Å². The lowest BCUT2D eigenvalue weighted by atomic mass is 10.2. The summed E-state index contributed by atoms with van der Waals surface area (Å²) in [6, 6.07) is 7.87. The molecule has 0 aliphatic carbocycles. The van der Waals surface area contributed by atoms with Crippen molar-refractivity contribution in [2.24, 2.45) is 0 Å². The van der Waals surface area contributed by atoms with Gasteiger partial charge in [-0.2, -0.15) is 0 Å². The molecule has 0 unspecified atom stereocenters. The maximum absolute atomic E-state index is 11.3. The van der Waals surface area contributed by atoms with Gasteiger partial charge < -0.3 is 4.90 Å². The van der Waals surface area contributed by atoms with Crippen LogP contribution in [0.1, 0.15) is 0 Å². The molecule has 1 aromatic carbocycles. The summed E-state index contributed by atoms with van der Waals surface area (Å²) in [6.07, 6.45) is 0. The van der Waals surface area contributed by atoms with E-state index in [0.29, 0.717) is 6.54 Å². The number of ketones is 1. The fourth-order valence-corrected chi connectivity index (χ4v) is 2.40. The van der Waals surface area contributed by atoms with Crippen molar-refractivity contribution in [3.63, 3.8) is 0 Å². The van der Waals surface area contributed by atoms with E-state index in [1.165, 1.54) is 0 Å².